The summed E-state index contributed by atoms with van der Waals surface area (Å²) in [5.41, 5.74) is 1.88. The zero-order chi connectivity index (χ0) is 10.7. The van der Waals surface area contributed by atoms with Crippen LogP contribution < -0.4 is 0 Å². The summed E-state index contributed by atoms with van der Waals surface area (Å²) in [6.07, 6.45) is 2.95. The van der Waals surface area contributed by atoms with Gasteiger partial charge in [0.1, 0.15) is 0 Å². The zero-order valence-corrected chi connectivity index (χ0v) is 8.91. The van der Waals surface area contributed by atoms with Crippen molar-refractivity contribution in [2.24, 2.45) is 0 Å². The van der Waals surface area contributed by atoms with E-state index >= 15 is 0 Å². The maximum absolute atomic E-state index is 12.1. The minimum absolute atomic E-state index is 0.173. The first-order valence-electron chi connectivity index (χ1n) is 5.49. The van der Waals surface area contributed by atoms with Gasteiger partial charge in [-0.1, -0.05) is 18.2 Å². The molecular formula is C13H16NO. The third kappa shape index (κ3) is 2.04. The molecule has 0 aromatic heterocycles. The fourth-order valence-corrected chi connectivity index (χ4v) is 2.04. The minimum Gasteiger partial charge on any atom is -0.339 e. The molecule has 2 rings (SSSR count). The molecule has 0 bridgehead atoms. The highest BCUT2D eigenvalue weighted by Crippen LogP contribution is 2.16. The van der Waals surface area contributed by atoms with E-state index in [0.29, 0.717) is 6.42 Å². The molecule has 0 saturated carbocycles. The second kappa shape index (κ2) is 4.47. The first-order chi connectivity index (χ1) is 7.33. The van der Waals surface area contributed by atoms with Crippen LogP contribution in [0.1, 0.15) is 28.8 Å². The van der Waals surface area contributed by atoms with E-state index in [2.05, 4.69) is 6.92 Å². The molecular weight excluding hydrogens is 186 g/mol. The van der Waals surface area contributed by atoms with Gasteiger partial charge in [0.15, 0.2) is 0 Å². The van der Waals surface area contributed by atoms with E-state index in [4.69, 9.17) is 0 Å². The summed E-state index contributed by atoms with van der Waals surface area (Å²) < 4.78 is 0. The molecule has 0 spiro atoms. The molecule has 79 valence electrons. The first-order valence-corrected chi connectivity index (χ1v) is 5.49. The second-order valence-corrected chi connectivity index (χ2v) is 3.91. The molecule has 1 aromatic rings. The van der Waals surface area contributed by atoms with Crippen molar-refractivity contribution in [1.82, 2.24) is 4.90 Å². The normalized spacial score (nSPS) is 15.7. The van der Waals surface area contributed by atoms with Crippen LogP contribution in [0, 0.1) is 6.92 Å². The molecule has 1 heterocycles. The van der Waals surface area contributed by atoms with E-state index < -0.39 is 0 Å². The Kier molecular flexibility index (Phi) is 3.05. The third-order valence-electron chi connectivity index (χ3n) is 2.91. The van der Waals surface area contributed by atoms with Gasteiger partial charge in [0.25, 0.3) is 5.91 Å². The molecule has 1 saturated heterocycles. The second-order valence-electron chi connectivity index (χ2n) is 3.91. The van der Waals surface area contributed by atoms with Crippen LogP contribution in [0.2, 0.25) is 0 Å². The summed E-state index contributed by atoms with van der Waals surface area (Å²) >= 11 is 0. The highest BCUT2D eigenvalue weighted by Gasteiger charge is 2.20. The average Bonchev–Trinajstić information content (AvgIpc) is 2.81. The van der Waals surface area contributed by atoms with Gasteiger partial charge in [-0.2, -0.15) is 0 Å². The SMILES string of the molecule is [CH2]Cc1ccccc1C(=O)N1CCCC1. The molecule has 1 amide bonds. The van der Waals surface area contributed by atoms with Crippen molar-refractivity contribution in [2.45, 2.75) is 19.3 Å². The smallest absolute Gasteiger partial charge is 0.254 e. The zero-order valence-electron chi connectivity index (χ0n) is 8.91. The fraction of sp³-hybridized carbons (Fsp3) is 0.385. The van der Waals surface area contributed by atoms with Crippen molar-refractivity contribution in [2.75, 3.05) is 13.1 Å². The number of carbonyl (C=O) groups is 1. The monoisotopic (exact) mass is 202 g/mol. The highest BCUT2D eigenvalue weighted by atomic mass is 16.2. The Hall–Kier alpha value is -1.31. The number of amides is 1. The van der Waals surface area contributed by atoms with Gasteiger partial charge in [-0.25, -0.2) is 0 Å². The van der Waals surface area contributed by atoms with Crippen molar-refractivity contribution in [1.29, 1.82) is 0 Å². The van der Waals surface area contributed by atoms with Crippen LogP contribution in [0.3, 0.4) is 0 Å². The van der Waals surface area contributed by atoms with E-state index in [9.17, 15) is 4.79 Å². The molecule has 2 nitrogen and oxygen atoms in total. The van der Waals surface area contributed by atoms with Crippen LogP contribution in [0.5, 0.6) is 0 Å². The lowest BCUT2D eigenvalue weighted by atomic mass is 10.0. The van der Waals surface area contributed by atoms with Crippen LogP contribution in [-0.2, 0) is 6.42 Å². The summed E-state index contributed by atoms with van der Waals surface area (Å²) in [4.78, 5) is 14.1. The first kappa shape index (κ1) is 10.2. The number of carbonyl (C=O) groups excluding carboxylic acids is 1. The Morgan fingerprint density at radius 1 is 1.27 bits per heavy atom. The standard InChI is InChI=1S/C13H16NO/c1-2-11-7-3-4-8-12(11)13(15)14-9-5-6-10-14/h3-4,7-8H,1-2,5-6,9-10H2. The van der Waals surface area contributed by atoms with Gasteiger partial charge in [-0.05, 0) is 37.8 Å². The largest absolute Gasteiger partial charge is 0.339 e. The van der Waals surface area contributed by atoms with Gasteiger partial charge in [-0.3, -0.25) is 4.79 Å². The Labute approximate surface area is 90.9 Å². The lowest BCUT2D eigenvalue weighted by molar-refractivity contribution is 0.0792. The number of hydrogen-bond donors (Lipinski definition) is 0. The Bertz CT molecular complexity index is 353. The summed E-state index contributed by atoms with van der Waals surface area (Å²) in [5, 5.41) is 0. The van der Waals surface area contributed by atoms with Crippen molar-refractivity contribution in [3.8, 4) is 0 Å². The van der Waals surface area contributed by atoms with Crippen molar-refractivity contribution < 1.29 is 4.79 Å². The van der Waals surface area contributed by atoms with Crippen molar-refractivity contribution in [3.05, 3.63) is 42.3 Å². The quantitative estimate of drug-likeness (QED) is 0.720. The van der Waals surface area contributed by atoms with E-state index in [1.54, 1.807) is 0 Å². The molecule has 0 atom stereocenters. The van der Waals surface area contributed by atoms with Crippen molar-refractivity contribution in [3.63, 3.8) is 0 Å². The van der Waals surface area contributed by atoms with Gasteiger partial charge in [0.05, 0.1) is 0 Å². The van der Waals surface area contributed by atoms with Crippen LogP contribution in [-0.4, -0.2) is 23.9 Å². The molecule has 1 fully saturated rings. The lowest BCUT2D eigenvalue weighted by Gasteiger charge is -2.17. The average molecular weight is 202 g/mol. The molecule has 1 aliphatic rings. The van der Waals surface area contributed by atoms with Gasteiger partial charge >= 0.3 is 0 Å². The van der Waals surface area contributed by atoms with Gasteiger partial charge in [0.2, 0.25) is 0 Å². The number of benzene rings is 1. The van der Waals surface area contributed by atoms with Crippen LogP contribution in [0.25, 0.3) is 0 Å². The molecule has 0 aliphatic carbocycles. The third-order valence-corrected chi connectivity index (χ3v) is 2.91. The summed E-state index contributed by atoms with van der Waals surface area (Å²) in [7, 11) is 0. The molecule has 0 N–H and O–H groups in total. The highest BCUT2D eigenvalue weighted by molar-refractivity contribution is 5.95. The Morgan fingerprint density at radius 3 is 2.60 bits per heavy atom. The fourth-order valence-electron chi connectivity index (χ4n) is 2.04. The molecule has 0 unspecified atom stereocenters. The van der Waals surface area contributed by atoms with Gasteiger partial charge < -0.3 is 4.90 Å². The maximum atomic E-state index is 12.1. The van der Waals surface area contributed by atoms with E-state index in [-0.39, 0.29) is 5.91 Å². The van der Waals surface area contributed by atoms with Gasteiger partial charge in [0, 0.05) is 18.7 Å². The van der Waals surface area contributed by atoms with E-state index in [1.165, 1.54) is 0 Å². The van der Waals surface area contributed by atoms with E-state index in [1.807, 2.05) is 29.2 Å². The molecule has 15 heavy (non-hydrogen) atoms. The lowest BCUT2D eigenvalue weighted by Crippen LogP contribution is -2.28. The number of hydrogen-bond acceptors (Lipinski definition) is 1. The maximum Gasteiger partial charge on any atom is 0.254 e. The molecule has 2 heteroatoms. The predicted octanol–water partition coefficient (Wildman–Crippen LogP) is 2.30. The van der Waals surface area contributed by atoms with Crippen LogP contribution >= 0.6 is 0 Å². The molecule has 1 aliphatic heterocycles. The van der Waals surface area contributed by atoms with Crippen LogP contribution in [0.4, 0.5) is 0 Å². The Balaban J connectivity index is 2.24. The Morgan fingerprint density at radius 2 is 1.93 bits per heavy atom. The predicted molar refractivity (Wildman–Crippen MR) is 60.6 cm³/mol. The number of likely N-dealkylation sites (tertiary alicyclic amines) is 1. The number of nitrogens with zero attached hydrogens (tertiary/aromatic N) is 1. The summed E-state index contributed by atoms with van der Waals surface area (Å²) in [6, 6.07) is 7.77. The van der Waals surface area contributed by atoms with Gasteiger partial charge in [-0.15, -0.1) is 0 Å². The minimum atomic E-state index is 0.173. The molecule has 1 radical (unpaired) electrons. The summed E-state index contributed by atoms with van der Waals surface area (Å²) in [5.74, 6) is 0.173. The molecule has 1 aromatic carbocycles. The van der Waals surface area contributed by atoms with Crippen LogP contribution in [0.15, 0.2) is 24.3 Å². The topological polar surface area (TPSA) is 20.3 Å². The number of rotatable bonds is 2. The van der Waals surface area contributed by atoms with E-state index in [0.717, 1.165) is 37.1 Å². The summed E-state index contributed by atoms with van der Waals surface area (Å²) in [6.45, 7) is 5.67. The van der Waals surface area contributed by atoms with Crippen molar-refractivity contribution >= 4 is 5.91 Å².